The van der Waals surface area contributed by atoms with Crippen molar-refractivity contribution in [3.63, 3.8) is 0 Å². The molecule has 0 unspecified atom stereocenters. The lowest BCUT2D eigenvalue weighted by atomic mass is 10.0. The number of nitrogens with zero attached hydrogens (tertiary/aromatic N) is 7. The van der Waals surface area contributed by atoms with Crippen LogP contribution < -0.4 is 20.1 Å². The van der Waals surface area contributed by atoms with Gasteiger partial charge in [0.2, 0.25) is 5.91 Å². The number of hydrogen-bond donors (Lipinski definition) is 2. The van der Waals surface area contributed by atoms with E-state index in [4.69, 9.17) is 9.47 Å². The van der Waals surface area contributed by atoms with Crippen LogP contribution in [0.15, 0.2) is 30.3 Å². The number of fused-ring (bicyclic) bond motifs is 4. The highest BCUT2D eigenvalue weighted by Crippen LogP contribution is 2.31. The zero-order valence-electron chi connectivity index (χ0n) is 27.1. The minimum absolute atomic E-state index is 0.0302. The highest BCUT2D eigenvalue weighted by Gasteiger charge is 2.36. The lowest BCUT2D eigenvalue weighted by Gasteiger charge is -2.26. The van der Waals surface area contributed by atoms with E-state index < -0.39 is 42.2 Å². The van der Waals surface area contributed by atoms with Crippen molar-refractivity contribution in [3.05, 3.63) is 64.6 Å². The van der Waals surface area contributed by atoms with Crippen LogP contribution in [0.25, 0.3) is 5.65 Å². The maximum Gasteiger partial charge on any atom is 0.433 e. The van der Waals surface area contributed by atoms with E-state index in [0.29, 0.717) is 33.2 Å². The third-order valence-electron chi connectivity index (χ3n) is 7.63. The van der Waals surface area contributed by atoms with E-state index in [0.717, 1.165) is 12.1 Å². The minimum Gasteiger partial charge on any atom is -0.493 e. The third-order valence-corrected chi connectivity index (χ3v) is 7.63. The molecule has 3 aromatic heterocycles. The first kappa shape index (κ1) is 34.1. The zero-order valence-corrected chi connectivity index (χ0v) is 27.1. The van der Waals surface area contributed by atoms with Crippen molar-refractivity contribution in [2.75, 3.05) is 33.4 Å². The molecule has 14 nitrogen and oxygen atoms in total. The fourth-order valence-electron chi connectivity index (χ4n) is 5.36. The van der Waals surface area contributed by atoms with E-state index in [9.17, 15) is 27.6 Å². The topological polar surface area (TPSA) is 158 Å². The van der Waals surface area contributed by atoms with Crippen molar-refractivity contribution in [1.29, 1.82) is 0 Å². The minimum atomic E-state index is -4.75. The number of nitrogens with one attached hydrogen (secondary N) is 2. The van der Waals surface area contributed by atoms with Gasteiger partial charge in [0, 0.05) is 30.4 Å². The van der Waals surface area contributed by atoms with Crippen LogP contribution >= 0.6 is 0 Å². The summed E-state index contributed by atoms with van der Waals surface area (Å²) in [5, 5.41) is 14.1. The number of ether oxygens (including phenoxy) is 2. The van der Waals surface area contributed by atoms with Gasteiger partial charge in [-0.15, -0.1) is 0 Å². The smallest absolute Gasteiger partial charge is 0.433 e. The second kappa shape index (κ2) is 13.9. The van der Waals surface area contributed by atoms with Gasteiger partial charge in [0.25, 0.3) is 11.8 Å². The third kappa shape index (κ3) is 7.50. The number of aryl methyl sites for hydroxylation is 2. The summed E-state index contributed by atoms with van der Waals surface area (Å²) in [6, 6.07) is 6.15. The molecule has 1 aliphatic rings. The Labute approximate surface area is 273 Å². The van der Waals surface area contributed by atoms with Crippen molar-refractivity contribution < 1.29 is 37.0 Å². The van der Waals surface area contributed by atoms with Crippen LogP contribution in [0.2, 0.25) is 0 Å². The number of methoxy groups -OCH3 is 1. The van der Waals surface area contributed by atoms with Crippen molar-refractivity contribution in [2.45, 2.75) is 52.9 Å². The van der Waals surface area contributed by atoms with Gasteiger partial charge in [-0.1, -0.05) is 13.8 Å². The van der Waals surface area contributed by atoms with Gasteiger partial charge in [-0.25, -0.2) is 19.2 Å². The summed E-state index contributed by atoms with van der Waals surface area (Å²) in [5.41, 5.74) is -1.17. The first-order valence-electron chi connectivity index (χ1n) is 15.3. The van der Waals surface area contributed by atoms with Gasteiger partial charge in [-0.05, 0) is 50.5 Å². The second-order valence-electron chi connectivity index (χ2n) is 11.7. The van der Waals surface area contributed by atoms with E-state index in [-0.39, 0.29) is 55.6 Å². The van der Waals surface area contributed by atoms with Gasteiger partial charge in [0.1, 0.15) is 23.9 Å². The lowest BCUT2D eigenvalue weighted by Crippen LogP contribution is -2.44. The summed E-state index contributed by atoms with van der Waals surface area (Å²) in [4.78, 5) is 50.1. The second-order valence-corrected chi connectivity index (χ2v) is 11.7. The molecule has 1 aliphatic heterocycles. The SMILES string of the molecule is COc1ccc2cc1OCCn1nc(C)nc1[C@H](C(C)C)NC(=O)CN(C(=O)c1cc3nc(C)cc(C(F)(F)F)n3n1)CCCNC2=O. The number of hydrogen-bond acceptors (Lipinski definition) is 9. The van der Waals surface area contributed by atoms with Crippen LogP contribution in [0.5, 0.6) is 11.5 Å². The molecule has 0 spiro atoms. The van der Waals surface area contributed by atoms with Crippen molar-refractivity contribution >= 4 is 23.4 Å². The van der Waals surface area contributed by atoms with Crippen LogP contribution in [0, 0.1) is 19.8 Å². The monoisotopic (exact) mass is 671 g/mol. The number of carbonyl (C=O) groups excluding carboxylic acids is 3. The molecule has 4 aromatic rings. The van der Waals surface area contributed by atoms with E-state index >= 15 is 0 Å². The van der Waals surface area contributed by atoms with Gasteiger partial charge >= 0.3 is 6.18 Å². The summed E-state index contributed by atoms with van der Waals surface area (Å²) >= 11 is 0. The Hall–Kier alpha value is -5.22. The molecule has 0 radical (unpaired) electrons. The standard InChI is InChI=1S/C31H36F3N9O5/c1-17(2)27-28-37-19(4)39-42(28)11-12-48-23-14-20(7-8-22(23)47-5)29(45)35-9-6-10-41(16-26(44)38-27)30(46)21-15-25-36-18(3)13-24(31(32,33)34)43(25)40-21/h7-8,13-15,17,27H,6,9-12,16H2,1-5H3,(H,35,45)(H,38,44)/t27-/m0/s1. The molecule has 2 N–H and O–H groups in total. The Balaban J connectivity index is 1.49. The summed E-state index contributed by atoms with van der Waals surface area (Å²) in [5.74, 6) is -0.152. The Morgan fingerprint density at radius 3 is 2.56 bits per heavy atom. The lowest BCUT2D eigenvalue weighted by molar-refractivity contribution is -0.142. The molecule has 3 amide bonds. The molecule has 256 valence electrons. The van der Waals surface area contributed by atoms with Crippen molar-refractivity contribution in [3.8, 4) is 11.5 Å². The Morgan fingerprint density at radius 2 is 1.85 bits per heavy atom. The number of alkyl halides is 3. The number of benzene rings is 1. The molecule has 0 fully saturated rings. The molecule has 2 bridgehead atoms. The van der Waals surface area contributed by atoms with Crippen molar-refractivity contribution in [1.82, 2.24) is 44.9 Å². The molecule has 48 heavy (non-hydrogen) atoms. The normalized spacial score (nSPS) is 16.9. The van der Waals surface area contributed by atoms with Crippen molar-refractivity contribution in [2.24, 2.45) is 5.92 Å². The Kier molecular flexibility index (Phi) is 9.86. The number of carbonyl (C=O) groups is 3. The largest absolute Gasteiger partial charge is 0.493 e. The molecular formula is C31H36F3N9O5. The average molecular weight is 672 g/mol. The quantitative estimate of drug-likeness (QED) is 0.334. The molecular weight excluding hydrogens is 635 g/mol. The average Bonchev–Trinajstić information content (AvgIpc) is 3.62. The number of aromatic nitrogens is 6. The first-order valence-corrected chi connectivity index (χ1v) is 15.3. The van der Waals surface area contributed by atoms with E-state index in [2.05, 4.69) is 30.8 Å². The van der Waals surface area contributed by atoms with E-state index in [1.165, 1.54) is 18.9 Å². The Bertz CT molecular complexity index is 1840. The number of amides is 3. The number of rotatable bonds is 3. The highest BCUT2D eigenvalue weighted by molar-refractivity contribution is 5.96. The van der Waals surface area contributed by atoms with Gasteiger partial charge < -0.3 is 25.0 Å². The fourth-order valence-corrected chi connectivity index (χ4v) is 5.36. The summed E-state index contributed by atoms with van der Waals surface area (Å²) in [6.07, 6.45) is -4.54. The number of halogens is 3. The van der Waals surface area contributed by atoms with Crippen LogP contribution in [-0.4, -0.2) is 85.3 Å². The Morgan fingerprint density at radius 1 is 1.08 bits per heavy atom. The summed E-state index contributed by atoms with van der Waals surface area (Å²) in [6.45, 7) is 6.95. The molecule has 0 saturated heterocycles. The maximum absolute atomic E-state index is 13.8. The molecule has 0 aliphatic carbocycles. The predicted molar refractivity (Wildman–Crippen MR) is 165 cm³/mol. The first-order chi connectivity index (χ1) is 22.7. The summed E-state index contributed by atoms with van der Waals surface area (Å²) in [7, 11) is 1.49. The molecule has 1 aromatic carbocycles. The van der Waals surface area contributed by atoms with Crippen LogP contribution in [0.3, 0.4) is 0 Å². The molecule has 1 atom stereocenters. The molecule has 5 rings (SSSR count). The van der Waals surface area contributed by atoms with E-state index in [1.807, 2.05) is 13.8 Å². The summed E-state index contributed by atoms with van der Waals surface area (Å²) < 4.78 is 54.9. The fraction of sp³-hybridized carbons (Fsp3) is 0.452. The predicted octanol–water partition coefficient (Wildman–Crippen LogP) is 3.13. The highest BCUT2D eigenvalue weighted by atomic mass is 19.4. The molecule has 0 saturated carbocycles. The van der Waals surface area contributed by atoms with Crippen LogP contribution in [-0.2, 0) is 17.5 Å². The van der Waals surface area contributed by atoms with Gasteiger partial charge in [-0.2, -0.15) is 23.4 Å². The van der Waals surface area contributed by atoms with Crippen LogP contribution in [0.1, 0.15) is 70.2 Å². The van der Waals surface area contributed by atoms with Crippen LogP contribution in [0.4, 0.5) is 13.2 Å². The maximum atomic E-state index is 13.8. The van der Waals surface area contributed by atoms with Gasteiger partial charge in [0.15, 0.2) is 22.8 Å². The van der Waals surface area contributed by atoms with E-state index in [1.54, 1.807) is 29.8 Å². The van der Waals surface area contributed by atoms with Gasteiger partial charge in [-0.3, -0.25) is 14.4 Å². The zero-order chi connectivity index (χ0) is 34.7. The van der Waals surface area contributed by atoms with Gasteiger partial charge in [0.05, 0.1) is 26.2 Å². The molecule has 17 heteroatoms. The molecule has 4 heterocycles.